The van der Waals surface area contributed by atoms with Crippen molar-refractivity contribution in [3.05, 3.63) is 40.7 Å². The maximum atomic E-state index is 11.6. The first-order valence-corrected chi connectivity index (χ1v) is 7.91. The van der Waals surface area contributed by atoms with Gasteiger partial charge in [-0.25, -0.2) is 5.01 Å². The van der Waals surface area contributed by atoms with Gasteiger partial charge in [-0.15, -0.1) is 0 Å². The van der Waals surface area contributed by atoms with E-state index in [2.05, 4.69) is 6.07 Å². The molecule has 8 heteroatoms. The molecular weight excluding hydrogens is 332 g/mol. The highest BCUT2D eigenvalue weighted by molar-refractivity contribution is 6.30. The molecule has 2 unspecified atom stereocenters. The number of hydrazine groups is 1. The molecule has 0 saturated carbocycles. The molecule has 7 nitrogen and oxygen atoms in total. The van der Waals surface area contributed by atoms with Crippen LogP contribution in [0, 0.1) is 17.2 Å². The topological polar surface area (TPSA) is 91.8 Å². The lowest BCUT2D eigenvalue weighted by Gasteiger charge is -2.47. The maximum absolute atomic E-state index is 11.6. The van der Waals surface area contributed by atoms with Crippen LogP contribution in [0.3, 0.4) is 0 Å². The van der Waals surface area contributed by atoms with E-state index in [1.807, 2.05) is 0 Å². The number of ether oxygens (including phenoxy) is 1. The predicted octanol–water partition coefficient (Wildman–Crippen LogP) is 1.95. The zero-order chi connectivity index (χ0) is 17.3. The Morgan fingerprint density at radius 1 is 1.54 bits per heavy atom. The highest BCUT2D eigenvalue weighted by atomic mass is 35.5. The Labute approximate surface area is 144 Å². The molecule has 2 aliphatic heterocycles. The summed E-state index contributed by atoms with van der Waals surface area (Å²) in [6.07, 6.45) is 0.634. The monoisotopic (exact) mass is 348 g/mol. The van der Waals surface area contributed by atoms with Crippen LogP contribution in [0.5, 0.6) is 0 Å². The van der Waals surface area contributed by atoms with Crippen molar-refractivity contribution in [2.75, 3.05) is 18.2 Å². The van der Waals surface area contributed by atoms with E-state index < -0.39 is 5.97 Å². The average Bonchev–Trinajstić information content (AvgIpc) is 2.55. The number of hydroxylamine groups is 1. The second-order valence-corrected chi connectivity index (χ2v) is 6.06. The molecule has 1 aromatic carbocycles. The number of carbonyl (C=O) groups excluding carboxylic acids is 1. The molecule has 2 aliphatic rings. The fourth-order valence-electron chi connectivity index (χ4n) is 3.08. The molecule has 3 rings (SSSR count). The number of nitrogens with two attached hydrogens (primary N) is 1. The van der Waals surface area contributed by atoms with Crippen LogP contribution in [0.4, 0.5) is 5.69 Å². The number of hydrogen-bond donors (Lipinski definition) is 1. The number of hydrogen-bond acceptors (Lipinski definition) is 7. The molecule has 2 atom stereocenters. The number of anilines is 1. The smallest absolute Gasteiger partial charge is 0.324 e. The minimum Gasteiger partial charge on any atom is -0.383 e. The molecule has 0 spiro atoms. The molecule has 1 aromatic rings. The molecule has 0 aliphatic carbocycles. The SMILES string of the molecule is CC(=O)ON1C2COCCC2C(C#N)=C(N)N1c1cccc(Cl)c1. The number of rotatable bonds is 2. The van der Waals surface area contributed by atoms with E-state index >= 15 is 0 Å². The van der Waals surface area contributed by atoms with E-state index in [1.54, 1.807) is 24.3 Å². The fourth-order valence-corrected chi connectivity index (χ4v) is 3.26. The van der Waals surface area contributed by atoms with E-state index in [-0.39, 0.29) is 17.8 Å². The number of fused-ring (bicyclic) bond motifs is 1. The summed E-state index contributed by atoms with van der Waals surface area (Å²) < 4.78 is 5.53. The normalized spacial score (nSPS) is 24.3. The van der Waals surface area contributed by atoms with Crippen LogP contribution in [0.25, 0.3) is 0 Å². The minimum absolute atomic E-state index is 0.154. The lowest BCUT2D eigenvalue weighted by Crippen LogP contribution is -2.60. The van der Waals surface area contributed by atoms with Gasteiger partial charge in [0.25, 0.3) is 0 Å². The van der Waals surface area contributed by atoms with Crippen LogP contribution in [-0.2, 0) is 14.4 Å². The lowest BCUT2D eigenvalue weighted by molar-refractivity contribution is -0.220. The van der Waals surface area contributed by atoms with Gasteiger partial charge < -0.3 is 15.3 Å². The minimum atomic E-state index is -0.487. The first-order chi connectivity index (χ1) is 11.5. The standard InChI is InChI=1S/C16H17ClN4O3/c1-10(22)24-21-15-9-23-6-5-13(15)14(8-18)16(19)20(21)12-4-2-3-11(17)7-12/h2-4,7,13,15H,5-6,9,19H2,1H3. The number of halogens is 1. The van der Waals surface area contributed by atoms with Crippen LogP contribution >= 0.6 is 11.6 Å². The number of nitriles is 1. The summed E-state index contributed by atoms with van der Waals surface area (Å²) in [5, 5.41) is 13.0. The third kappa shape index (κ3) is 2.91. The summed E-state index contributed by atoms with van der Waals surface area (Å²) in [7, 11) is 0. The van der Waals surface area contributed by atoms with Crippen LogP contribution < -0.4 is 10.7 Å². The van der Waals surface area contributed by atoms with Gasteiger partial charge in [0, 0.05) is 24.5 Å². The van der Waals surface area contributed by atoms with E-state index in [9.17, 15) is 10.1 Å². The third-order valence-electron chi connectivity index (χ3n) is 4.08. The highest BCUT2D eigenvalue weighted by Gasteiger charge is 2.45. The van der Waals surface area contributed by atoms with Crippen LogP contribution in [0.15, 0.2) is 35.7 Å². The maximum Gasteiger partial charge on any atom is 0.324 e. The molecule has 0 radical (unpaired) electrons. The van der Waals surface area contributed by atoms with Crippen molar-refractivity contribution in [1.29, 1.82) is 5.26 Å². The Bertz CT molecular complexity index is 730. The quantitative estimate of drug-likeness (QED) is 0.873. The molecule has 0 amide bonds. The highest BCUT2D eigenvalue weighted by Crippen LogP contribution is 2.38. The first-order valence-electron chi connectivity index (χ1n) is 7.53. The summed E-state index contributed by atoms with van der Waals surface area (Å²) in [5.41, 5.74) is 7.32. The van der Waals surface area contributed by atoms with Gasteiger partial charge in [0.2, 0.25) is 0 Å². The Morgan fingerprint density at radius 3 is 3.00 bits per heavy atom. The number of benzene rings is 1. The average molecular weight is 349 g/mol. The molecule has 1 saturated heterocycles. The molecule has 2 heterocycles. The number of nitrogens with zero attached hydrogens (tertiary/aromatic N) is 3. The van der Waals surface area contributed by atoms with Crippen molar-refractivity contribution in [1.82, 2.24) is 5.17 Å². The van der Waals surface area contributed by atoms with E-state index in [0.29, 0.717) is 35.9 Å². The molecule has 0 bridgehead atoms. The number of carbonyl (C=O) groups is 1. The van der Waals surface area contributed by atoms with Crippen LogP contribution in [0.1, 0.15) is 13.3 Å². The Hall–Kier alpha value is -2.27. The van der Waals surface area contributed by atoms with Gasteiger partial charge in [0.1, 0.15) is 5.82 Å². The largest absolute Gasteiger partial charge is 0.383 e. The third-order valence-corrected chi connectivity index (χ3v) is 4.31. The van der Waals surface area contributed by atoms with Gasteiger partial charge in [-0.1, -0.05) is 17.7 Å². The van der Waals surface area contributed by atoms with Crippen LogP contribution in [0.2, 0.25) is 5.02 Å². The van der Waals surface area contributed by atoms with Gasteiger partial charge in [0.05, 0.1) is 30.0 Å². The van der Waals surface area contributed by atoms with E-state index in [1.165, 1.54) is 17.1 Å². The van der Waals surface area contributed by atoms with Gasteiger partial charge in [-0.05, 0) is 29.8 Å². The zero-order valence-corrected chi connectivity index (χ0v) is 13.9. The Balaban J connectivity index is 2.13. The summed E-state index contributed by atoms with van der Waals surface area (Å²) in [6.45, 7) is 2.17. The Morgan fingerprint density at radius 2 is 2.33 bits per heavy atom. The summed E-state index contributed by atoms with van der Waals surface area (Å²) >= 11 is 6.07. The predicted molar refractivity (Wildman–Crippen MR) is 87.1 cm³/mol. The van der Waals surface area contributed by atoms with Gasteiger partial charge >= 0.3 is 5.97 Å². The van der Waals surface area contributed by atoms with Crippen molar-refractivity contribution in [2.45, 2.75) is 19.4 Å². The van der Waals surface area contributed by atoms with Gasteiger partial charge in [-0.2, -0.15) is 5.26 Å². The lowest BCUT2D eigenvalue weighted by atomic mass is 9.86. The van der Waals surface area contributed by atoms with Crippen molar-refractivity contribution in [3.63, 3.8) is 0 Å². The molecule has 0 aromatic heterocycles. The summed E-state index contributed by atoms with van der Waals surface area (Å²) in [6, 6.07) is 8.81. The first kappa shape index (κ1) is 16.6. The van der Waals surface area contributed by atoms with E-state index in [4.69, 9.17) is 26.9 Å². The van der Waals surface area contributed by atoms with Crippen molar-refractivity contribution in [2.24, 2.45) is 11.7 Å². The molecule has 2 N–H and O–H groups in total. The molecular formula is C16H17ClN4O3. The van der Waals surface area contributed by atoms with Crippen molar-refractivity contribution < 1.29 is 14.4 Å². The second kappa shape index (κ2) is 6.69. The molecule has 24 heavy (non-hydrogen) atoms. The van der Waals surface area contributed by atoms with Gasteiger partial charge in [0.15, 0.2) is 0 Å². The fraction of sp³-hybridized carbons (Fsp3) is 0.375. The van der Waals surface area contributed by atoms with Crippen LogP contribution in [-0.4, -0.2) is 30.4 Å². The summed E-state index contributed by atoms with van der Waals surface area (Å²) in [5.74, 6) is -0.415. The molecule has 126 valence electrons. The van der Waals surface area contributed by atoms with Gasteiger partial charge in [-0.3, -0.25) is 4.79 Å². The molecule has 1 fully saturated rings. The zero-order valence-electron chi connectivity index (χ0n) is 13.1. The van der Waals surface area contributed by atoms with Crippen molar-refractivity contribution >= 4 is 23.3 Å². The van der Waals surface area contributed by atoms with Crippen molar-refractivity contribution in [3.8, 4) is 6.07 Å². The Kier molecular flexibility index (Phi) is 4.62. The second-order valence-electron chi connectivity index (χ2n) is 5.63. The summed E-state index contributed by atoms with van der Waals surface area (Å²) in [4.78, 5) is 17.0. The van der Waals surface area contributed by atoms with E-state index in [0.717, 1.165) is 0 Å².